The van der Waals surface area contributed by atoms with E-state index in [0.717, 1.165) is 33.4 Å². The topological polar surface area (TPSA) is 406 Å². The van der Waals surface area contributed by atoms with Gasteiger partial charge in [-0.1, -0.05) is 0 Å². The fourth-order valence-corrected chi connectivity index (χ4v) is 11.1. The second kappa shape index (κ2) is 20.5. The first-order valence-electron chi connectivity index (χ1n) is 22.4. The predicted octanol–water partition coefficient (Wildman–Crippen LogP) is 2.75. The number of ether oxygens (including phenoxy) is 4. The van der Waals surface area contributed by atoms with E-state index in [-0.39, 0.29) is 65.0 Å². The average Bonchev–Trinajstić information content (AvgIpc) is 4.07. The number of nitrogens with one attached hydrogen (secondary N) is 2. The molecule has 4 aromatic rings. The summed E-state index contributed by atoms with van der Waals surface area (Å²) in [6, 6.07) is 8.12. The number of phosphoric acid groups is 3. The van der Waals surface area contributed by atoms with Gasteiger partial charge in [0.15, 0.2) is 23.0 Å². The molecule has 75 heavy (non-hydrogen) atoms. The number of carbonyl (C=O) groups is 2. The molecule has 5 aliphatic heterocycles. The molecular formula is C46H51N2O24P3. The number of phenolic OH excluding ortho intramolecular Hbond substituents is 2. The van der Waals surface area contributed by atoms with E-state index in [1.165, 1.54) is 18.2 Å². The van der Waals surface area contributed by atoms with Crippen LogP contribution in [0.2, 0.25) is 0 Å². The number of aryl methyl sites for hydroxylation is 4. The number of hydrogen-bond acceptors (Lipinski definition) is 19. The van der Waals surface area contributed by atoms with Crippen molar-refractivity contribution < 1.29 is 115 Å². The molecule has 7 aliphatic rings. The van der Waals surface area contributed by atoms with Crippen LogP contribution in [0.1, 0.15) is 65.2 Å². The Morgan fingerprint density at radius 1 is 0.587 bits per heavy atom. The molecule has 9 atom stereocenters. The van der Waals surface area contributed by atoms with E-state index in [1.807, 2.05) is 41.5 Å². The largest absolute Gasteiger partial charge is 0.530 e. The standard InChI is InChI=1S/C23H22NO9P.C14H13NO7.C9H13O4P.H3O4P/c1-9-4-12(5-10(2)11(9)3)31-34(28)32-20-15(25)6-14-13-7-16-21(30-8-29-16)19(26)17(13)23(27)24-18(14)22(20)33-34;16-6-1-5-4-2-7-13(22-3-21-7)11(18)8(4)14(20)15-9(5)12(19)10(6)17;1-6-4-9(13-14(10,11)12)5-7(2)8(6)3;1-5(2,3)4/h4-7,15,18,20,22,25-26H,8H2,1-3H3,(H,24,27);1-2,6,9-10,12,16-19H,3H2,(H,15,20);4-5H,1-3H3,(H2,10,11,12);(H3,1,2,3,4)/t15-,18+,20+,22-,34?;6-,9+,10+,12-;;/m00../s1. The summed E-state index contributed by atoms with van der Waals surface area (Å²) in [6.45, 7) is 11.3. The molecule has 2 aliphatic carbocycles. The first-order chi connectivity index (χ1) is 34.9. The third-order valence-corrected chi connectivity index (χ3v) is 15.0. The lowest BCUT2D eigenvalue weighted by Crippen LogP contribution is -2.57. The third-order valence-electron chi connectivity index (χ3n) is 13.1. The Labute approximate surface area is 425 Å². The van der Waals surface area contributed by atoms with Gasteiger partial charge in [-0.2, -0.15) is 0 Å². The minimum atomic E-state index is -4.64. The smallest absolute Gasteiger partial charge is 0.504 e. The minimum Gasteiger partial charge on any atom is -0.504 e. The fraction of sp³-hybridized carbons (Fsp3) is 0.348. The van der Waals surface area contributed by atoms with Crippen molar-refractivity contribution in [2.24, 2.45) is 0 Å². The highest BCUT2D eigenvalue weighted by atomic mass is 31.2. The summed E-state index contributed by atoms with van der Waals surface area (Å²) in [5, 5.41) is 66.6. The van der Waals surface area contributed by atoms with Crippen molar-refractivity contribution in [3.05, 3.63) is 104 Å². The zero-order valence-electron chi connectivity index (χ0n) is 40.2. The van der Waals surface area contributed by atoms with Crippen molar-refractivity contribution in [3.8, 4) is 46.0 Å². The molecule has 1 unspecified atom stereocenters. The number of hydrogen-bond donors (Lipinski definition) is 13. The van der Waals surface area contributed by atoms with Crippen LogP contribution in [0.15, 0.2) is 48.6 Å². The molecule has 1 saturated heterocycles. The molecular weight excluding hydrogens is 1060 g/mol. The minimum absolute atomic E-state index is 0.00125. The predicted molar refractivity (Wildman–Crippen MR) is 257 cm³/mol. The molecule has 404 valence electrons. The molecule has 0 radical (unpaired) electrons. The number of fused-ring (bicyclic) bond motifs is 10. The summed E-state index contributed by atoms with van der Waals surface area (Å²) in [7, 11) is -13.2. The van der Waals surface area contributed by atoms with E-state index in [9.17, 15) is 49.4 Å². The van der Waals surface area contributed by atoms with Gasteiger partial charge in [0.25, 0.3) is 11.8 Å². The van der Waals surface area contributed by atoms with Crippen LogP contribution in [0.25, 0.3) is 11.1 Å². The summed E-state index contributed by atoms with van der Waals surface area (Å²) < 4.78 is 75.4. The molecule has 0 bridgehead atoms. The molecule has 1 fully saturated rings. The first kappa shape index (κ1) is 55.2. The highest BCUT2D eigenvalue weighted by molar-refractivity contribution is 7.49. The Bertz CT molecular complexity index is 3170. The molecule has 0 aromatic heterocycles. The lowest BCUT2D eigenvalue weighted by molar-refractivity contribution is -0.0535. The summed E-state index contributed by atoms with van der Waals surface area (Å²) in [5.74, 6) is -0.604. The fourth-order valence-electron chi connectivity index (χ4n) is 9.12. The molecule has 13 N–H and O–H groups in total. The van der Waals surface area contributed by atoms with Gasteiger partial charge in [0.2, 0.25) is 25.1 Å². The zero-order chi connectivity index (χ0) is 55.0. The van der Waals surface area contributed by atoms with Gasteiger partial charge in [-0.3, -0.25) is 28.4 Å². The number of phenols is 2. The Balaban J connectivity index is 0.000000156. The van der Waals surface area contributed by atoms with Gasteiger partial charge < -0.3 is 83.9 Å². The molecule has 2 amide bonds. The van der Waals surface area contributed by atoms with Crippen LogP contribution in [0.4, 0.5) is 0 Å². The number of carbonyl (C=O) groups excluding carboxylic acids is 2. The zero-order valence-corrected chi connectivity index (χ0v) is 42.9. The number of aliphatic hydroxyl groups is 4. The Hall–Kier alpha value is -6.05. The van der Waals surface area contributed by atoms with Gasteiger partial charge in [-0.25, -0.2) is 13.7 Å². The van der Waals surface area contributed by atoms with E-state index in [1.54, 1.807) is 30.3 Å². The van der Waals surface area contributed by atoms with E-state index in [0.29, 0.717) is 28.0 Å². The monoisotopic (exact) mass is 1110 g/mol. The van der Waals surface area contributed by atoms with Gasteiger partial charge >= 0.3 is 23.5 Å². The van der Waals surface area contributed by atoms with Crippen LogP contribution in [0.5, 0.6) is 46.0 Å². The number of amides is 2. The van der Waals surface area contributed by atoms with Crippen LogP contribution in [-0.2, 0) is 22.7 Å². The van der Waals surface area contributed by atoms with Crippen molar-refractivity contribution >= 4 is 46.4 Å². The maximum atomic E-state index is 13.4. The number of phosphoric ester groups is 2. The highest BCUT2D eigenvalue weighted by Crippen LogP contribution is 2.61. The quantitative estimate of drug-likeness (QED) is 0.131. The van der Waals surface area contributed by atoms with Crippen molar-refractivity contribution in [1.29, 1.82) is 0 Å². The summed E-state index contributed by atoms with van der Waals surface area (Å²) in [6.07, 6.45) is -4.43. The summed E-state index contributed by atoms with van der Waals surface area (Å²) in [4.78, 5) is 64.0. The van der Waals surface area contributed by atoms with Gasteiger partial charge in [0.1, 0.15) is 48.1 Å². The van der Waals surface area contributed by atoms with Gasteiger partial charge in [-0.05, 0) is 135 Å². The van der Waals surface area contributed by atoms with Gasteiger partial charge in [0, 0.05) is 11.1 Å². The second-order valence-electron chi connectivity index (χ2n) is 18.0. The van der Waals surface area contributed by atoms with Gasteiger partial charge in [-0.15, -0.1) is 0 Å². The molecule has 4 aromatic carbocycles. The first-order valence-corrected chi connectivity index (χ1v) is 26.9. The molecule has 29 heteroatoms. The van der Waals surface area contributed by atoms with E-state index in [2.05, 4.69) is 15.2 Å². The molecule has 5 heterocycles. The van der Waals surface area contributed by atoms with Crippen LogP contribution in [-0.4, -0.2) is 129 Å². The third kappa shape index (κ3) is 11.3. The Kier molecular flexibility index (Phi) is 15.1. The van der Waals surface area contributed by atoms with E-state index in [4.69, 9.17) is 61.6 Å². The van der Waals surface area contributed by atoms with E-state index < -0.39 is 84.0 Å². The molecule has 26 nitrogen and oxygen atoms in total. The summed E-state index contributed by atoms with van der Waals surface area (Å²) in [5.41, 5.74) is 7.58. The van der Waals surface area contributed by atoms with Crippen molar-refractivity contribution in [3.63, 3.8) is 0 Å². The van der Waals surface area contributed by atoms with E-state index >= 15 is 0 Å². The lowest BCUT2D eigenvalue weighted by Gasteiger charge is -2.39. The average molecular weight is 1110 g/mol. The Morgan fingerprint density at radius 2 is 1.00 bits per heavy atom. The van der Waals surface area contributed by atoms with Crippen molar-refractivity contribution in [1.82, 2.24) is 10.6 Å². The Morgan fingerprint density at radius 3 is 1.47 bits per heavy atom. The van der Waals surface area contributed by atoms with Crippen LogP contribution < -0.4 is 38.6 Å². The maximum absolute atomic E-state index is 13.4. The van der Waals surface area contributed by atoms with Crippen LogP contribution >= 0.6 is 23.5 Å². The molecule has 0 saturated carbocycles. The highest BCUT2D eigenvalue weighted by Gasteiger charge is 2.57. The molecule has 11 rings (SSSR count). The molecule has 0 spiro atoms. The SMILES string of the molecule is Cc1cc(OP(=O)(O)O)cc(C)c1C.Cc1cc(OP2(=O)O[C@@H]3[C@H](O2)[C@@H](O)C=C2c4cc5c(c(O)c4C(=O)N[C@H]23)OCO5)cc(C)c1C.O=C1N[C@@H]2C(=C[C@H](O)[C@@H](O)[C@H]2O)c2cc3c(c(O)c21)OCO3.O=P(O)(O)O. The number of aliphatic hydroxyl groups excluding tert-OH is 4. The van der Waals surface area contributed by atoms with Crippen LogP contribution in [0, 0.1) is 41.5 Å². The maximum Gasteiger partial charge on any atom is 0.530 e. The lowest BCUT2D eigenvalue weighted by atomic mass is 9.79. The number of aromatic hydroxyl groups is 2. The number of rotatable bonds is 4. The van der Waals surface area contributed by atoms with Gasteiger partial charge in [0.05, 0.1) is 23.2 Å². The van der Waals surface area contributed by atoms with Crippen molar-refractivity contribution in [2.45, 2.75) is 90.2 Å². The normalized spacial score (nSPS) is 26.2. The number of benzene rings is 4. The van der Waals surface area contributed by atoms with Crippen molar-refractivity contribution in [2.75, 3.05) is 13.6 Å². The summed E-state index contributed by atoms with van der Waals surface area (Å²) >= 11 is 0. The van der Waals surface area contributed by atoms with Crippen LogP contribution in [0.3, 0.4) is 0 Å². The second-order valence-corrected chi connectivity index (χ2v) is 21.7.